The molecule has 25 heavy (non-hydrogen) atoms. The lowest BCUT2D eigenvalue weighted by molar-refractivity contribution is -0.0436. The zero-order valence-electron chi connectivity index (χ0n) is 12.9. The molecule has 0 saturated carbocycles. The summed E-state index contributed by atoms with van der Waals surface area (Å²) < 4.78 is 67.3. The first-order valence-corrected chi connectivity index (χ1v) is 8.50. The fourth-order valence-electron chi connectivity index (χ4n) is 2.18. The molecule has 0 N–H and O–H groups in total. The van der Waals surface area contributed by atoms with Gasteiger partial charge in [-0.25, -0.2) is 13.4 Å². The second kappa shape index (κ2) is 6.03. The average Bonchev–Trinajstić information content (AvgIpc) is 3.00. The first kappa shape index (κ1) is 17.2. The Morgan fingerprint density at radius 3 is 2.48 bits per heavy atom. The fraction of sp³-hybridized carbons (Fsp3) is 0.200. The standard InChI is InChI=1S/C15H12F3N3O3S/c1-10-6-13-19-9-20-21(13)14(7-10)24-8-11-2-4-12(5-3-11)25(22,23)15(16,17)18/h2-7,9H,8H2,1H3. The molecule has 0 amide bonds. The molecule has 3 aromatic rings. The molecule has 1 aromatic carbocycles. The van der Waals surface area contributed by atoms with Crippen LogP contribution < -0.4 is 4.74 Å². The van der Waals surface area contributed by atoms with Crippen molar-refractivity contribution < 1.29 is 26.3 Å². The molecule has 0 unspecified atom stereocenters. The lowest BCUT2D eigenvalue weighted by atomic mass is 10.2. The van der Waals surface area contributed by atoms with Crippen LogP contribution in [0.1, 0.15) is 11.1 Å². The summed E-state index contributed by atoms with van der Waals surface area (Å²) in [5.74, 6) is 0.416. The molecule has 10 heteroatoms. The van der Waals surface area contributed by atoms with Gasteiger partial charge in [0.15, 0.2) is 5.65 Å². The maximum Gasteiger partial charge on any atom is 0.501 e. The molecule has 0 aliphatic carbocycles. The predicted octanol–water partition coefficient (Wildman–Crippen LogP) is 2.91. The van der Waals surface area contributed by atoms with Crippen molar-refractivity contribution in [3.8, 4) is 5.88 Å². The van der Waals surface area contributed by atoms with Crippen LogP contribution in [0.25, 0.3) is 5.65 Å². The van der Waals surface area contributed by atoms with Gasteiger partial charge in [0.2, 0.25) is 5.88 Å². The number of rotatable bonds is 4. The van der Waals surface area contributed by atoms with E-state index < -0.39 is 20.2 Å². The van der Waals surface area contributed by atoms with E-state index >= 15 is 0 Å². The van der Waals surface area contributed by atoms with Crippen molar-refractivity contribution in [2.45, 2.75) is 23.9 Å². The van der Waals surface area contributed by atoms with Gasteiger partial charge in [-0.3, -0.25) is 0 Å². The average molecular weight is 371 g/mol. The maximum absolute atomic E-state index is 12.5. The molecule has 0 fully saturated rings. The predicted molar refractivity (Wildman–Crippen MR) is 81.7 cm³/mol. The SMILES string of the molecule is Cc1cc(OCc2ccc(S(=O)(=O)C(F)(F)F)cc2)n2ncnc2c1. The number of pyridine rings is 1. The first-order valence-electron chi connectivity index (χ1n) is 7.02. The molecular weight excluding hydrogens is 359 g/mol. The van der Waals surface area contributed by atoms with E-state index in [1.807, 2.05) is 13.0 Å². The van der Waals surface area contributed by atoms with E-state index in [2.05, 4.69) is 10.1 Å². The zero-order chi connectivity index (χ0) is 18.2. The van der Waals surface area contributed by atoms with Crippen LogP contribution in [-0.4, -0.2) is 28.5 Å². The van der Waals surface area contributed by atoms with Crippen molar-refractivity contribution in [3.05, 3.63) is 53.9 Å². The molecule has 132 valence electrons. The van der Waals surface area contributed by atoms with Crippen LogP contribution in [0.2, 0.25) is 0 Å². The molecule has 3 rings (SSSR count). The minimum atomic E-state index is -5.35. The number of ether oxygens (including phenoxy) is 1. The largest absolute Gasteiger partial charge is 0.501 e. The molecule has 0 aliphatic heterocycles. The zero-order valence-corrected chi connectivity index (χ0v) is 13.7. The number of alkyl halides is 3. The Kier molecular flexibility index (Phi) is 4.15. The van der Waals surface area contributed by atoms with Crippen LogP contribution in [0.4, 0.5) is 13.2 Å². The van der Waals surface area contributed by atoms with Crippen LogP contribution in [-0.2, 0) is 16.4 Å². The normalized spacial score (nSPS) is 12.5. The number of sulfone groups is 1. The van der Waals surface area contributed by atoms with Crippen LogP contribution in [0.5, 0.6) is 5.88 Å². The molecular formula is C15H12F3N3O3S. The van der Waals surface area contributed by atoms with Crippen molar-refractivity contribution in [1.82, 2.24) is 14.6 Å². The topological polar surface area (TPSA) is 73.6 Å². The third kappa shape index (κ3) is 3.29. The van der Waals surface area contributed by atoms with Crippen molar-refractivity contribution in [2.75, 3.05) is 0 Å². The van der Waals surface area contributed by atoms with Crippen LogP contribution in [0.3, 0.4) is 0 Å². The highest BCUT2D eigenvalue weighted by Crippen LogP contribution is 2.30. The number of nitrogens with zero attached hydrogens (tertiary/aromatic N) is 3. The minimum Gasteiger partial charge on any atom is -0.473 e. The molecule has 2 aromatic heterocycles. The lowest BCUT2D eigenvalue weighted by Crippen LogP contribution is -2.23. The summed E-state index contributed by atoms with van der Waals surface area (Å²) >= 11 is 0. The van der Waals surface area contributed by atoms with Gasteiger partial charge in [-0.15, -0.1) is 0 Å². The highest BCUT2D eigenvalue weighted by Gasteiger charge is 2.46. The molecule has 0 spiro atoms. The molecule has 0 saturated heterocycles. The summed E-state index contributed by atoms with van der Waals surface area (Å²) in [6.45, 7) is 1.89. The van der Waals surface area contributed by atoms with E-state index in [0.717, 1.165) is 17.7 Å². The van der Waals surface area contributed by atoms with Crippen molar-refractivity contribution >= 4 is 15.5 Å². The van der Waals surface area contributed by atoms with Gasteiger partial charge in [0.05, 0.1) is 4.90 Å². The summed E-state index contributed by atoms with van der Waals surface area (Å²) in [6, 6.07) is 7.91. The van der Waals surface area contributed by atoms with Gasteiger partial charge in [-0.2, -0.15) is 22.8 Å². The number of hydrogen-bond acceptors (Lipinski definition) is 5. The van der Waals surface area contributed by atoms with Crippen LogP contribution >= 0.6 is 0 Å². The van der Waals surface area contributed by atoms with E-state index in [4.69, 9.17) is 4.74 Å². The van der Waals surface area contributed by atoms with Gasteiger partial charge in [-0.05, 0) is 36.2 Å². The Morgan fingerprint density at radius 2 is 1.84 bits per heavy atom. The maximum atomic E-state index is 12.5. The molecule has 0 atom stereocenters. The molecule has 0 aliphatic rings. The van der Waals surface area contributed by atoms with E-state index in [9.17, 15) is 21.6 Å². The number of hydrogen-bond donors (Lipinski definition) is 0. The van der Waals surface area contributed by atoms with E-state index in [-0.39, 0.29) is 6.61 Å². The van der Waals surface area contributed by atoms with Crippen molar-refractivity contribution in [3.63, 3.8) is 0 Å². The number of halogens is 3. The van der Waals surface area contributed by atoms with Crippen LogP contribution in [0.15, 0.2) is 47.6 Å². The smallest absolute Gasteiger partial charge is 0.473 e. The lowest BCUT2D eigenvalue weighted by Gasteiger charge is -2.10. The summed E-state index contributed by atoms with van der Waals surface area (Å²) in [6.07, 6.45) is 1.37. The Labute approximate surface area is 140 Å². The highest BCUT2D eigenvalue weighted by atomic mass is 32.2. The van der Waals surface area contributed by atoms with Gasteiger partial charge in [0.25, 0.3) is 9.84 Å². The third-order valence-electron chi connectivity index (χ3n) is 3.42. The Bertz CT molecular complexity index is 1010. The van der Waals surface area contributed by atoms with Gasteiger partial charge in [0, 0.05) is 6.07 Å². The van der Waals surface area contributed by atoms with Gasteiger partial charge in [-0.1, -0.05) is 12.1 Å². The van der Waals surface area contributed by atoms with Crippen LogP contribution in [0, 0.1) is 6.92 Å². The Balaban J connectivity index is 1.79. The van der Waals surface area contributed by atoms with E-state index in [1.165, 1.54) is 23.0 Å². The third-order valence-corrected chi connectivity index (χ3v) is 4.92. The van der Waals surface area contributed by atoms with Gasteiger partial charge < -0.3 is 4.74 Å². The molecule has 0 radical (unpaired) electrons. The number of aromatic nitrogens is 3. The number of fused-ring (bicyclic) bond motifs is 1. The van der Waals surface area contributed by atoms with E-state index in [1.54, 1.807) is 6.07 Å². The second-order valence-corrected chi connectivity index (χ2v) is 7.22. The second-order valence-electron chi connectivity index (χ2n) is 5.28. The summed E-state index contributed by atoms with van der Waals surface area (Å²) in [5.41, 5.74) is -3.31. The van der Waals surface area contributed by atoms with Crippen molar-refractivity contribution in [2.24, 2.45) is 0 Å². The van der Waals surface area contributed by atoms with Gasteiger partial charge >= 0.3 is 5.51 Å². The monoisotopic (exact) mass is 371 g/mol. The quantitative estimate of drug-likeness (QED) is 0.705. The Hall–Kier alpha value is -2.62. The summed E-state index contributed by atoms with van der Waals surface area (Å²) in [5, 5.41) is 4.02. The van der Waals surface area contributed by atoms with Crippen molar-refractivity contribution in [1.29, 1.82) is 0 Å². The Morgan fingerprint density at radius 1 is 1.16 bits per heavy atom. The minimum absolute atomic E-state index is 0.0325. The molecule has 2 heterocycles. The van der Waals surface area contributed by atoms with E-state index in [0.29, 0.717) is 17.1 Å². The fourth-order valence-corrected chi connectivity index (χ4v) is 2.94. The van der Waals surface area contributed by atoms with Gasteiger partial charge in [0.1, 0.15) is 12.9 Å². The first-order chi connectivity index (χ1) is 11.7. The number of aryl methyl sites for hydroxylation is 1. The summed E-state index contributed by atoms with van der Waals surface area (Å²) in [7, 11) is -5.35. The highest BCUT2D eigenvalue weighted by molar-refractivity contribution is 7.92. The molecule has 6 nitrogen and oxygen atoms in total. The molecule has 0 bridgehead atoms. The number of benzene rings is 1. The summed E-state index contributed by atoms with van der Waals surface area (Å²) in [4.78, 5) is 3.25.